The number of carbonyl (C=O) groups excluding carboxylic acids is 1. The standard InChI is InChI=1S/C17H12F2N2O2/c18-17(19)23-13-7-4-12(5-8-13)6-9-16(22)14(11-20)15-3-1-2-10-21-15/h1-10,14,17H. The molecule has 0 radical (unpaired) electrons. The van der Waals surface area contributed by atoms with Gasteiger partial charge in [0, 0.05) is 6.20 Å². The van der Waals surface area contributed by atoms with Gasteiger partial charge >= 0.3 is 6.61 Å². The number of ketones is 1. The quantitative estimate of drug-likeness (QED) is 0.765. The van der Waals surface area contributed by atoms with E-state index in [1.54, 1.807) is 18.2 Å². The van der Waals surface area contributed by atoms with E-state index in [1.165, 1.54) is 42.6 Å². The zero-order valence-corrected chi connectivity index (χ0v) is 11.9. The monoisotopic (exact) mass is 314 g/mol. The molecule has 1 aromatic heterocycles. The Bertz CT molecular complexity index is 723. The van der Waals surface area contributed by atoms with Crippen LogP contribution in [-0.2, 0) is 4.79 Å². The highest BCUT2D eigenvalue weighted by Gasteiger charge is 2.18. The van der Waals surface area contributed by atoms with E-state index in [2.05, 4.69) is 9.72 Å². The van der Waals surface area contributed by atoms with Crippen molar-refractivity contribution in [2.24, 2.45) is 0 Å². The van der Waals surface area contributed by atoms with Gasteiger partial charge in [-0.25, -0.2) is 0 Å². The second kappa shape index (κ2) is 7.80. The van der Waals surface area contributed by atoms with Crippen molar-refractivity contribution in [1.29, 1.82) is 5.26 Å². The molecule has 23 heavy (non-hydrogen) atoms. The molecular formula is C17H12F2N2O2. The summed E-state index contributed by atoms with van der Waals surface area (Å²) in [6.07, 6.45) is 4.28. The van der Waals surface area contributed by atoms with Gasteiger partial charge in [-0.2, -0.15) is 14.0 Å². The highest BCUT2D eigenvalue weighted by Crippen LogP contribution is 2.17. The molecule has 1 atom stereocenters. The maximum atomic E-state index is 12.1. The van der Waals surface area contributed by atoms with Crippen LogP contribution >= 0.6 is 0 Å². The van der Waals surface area contributed by atoms with Gasteiger partial charge in [0.05, 0.1) is 11.8 Å². The number of carbonyl (C=O) groups is 1. The summed E-state index contributed by atoms with van der Waals surface area (Å²) >= 11 is 0. The molecule has 0 amide bonds. The molecule has 0 N–H and O–H groups in total. The van der Waals surface area contributed by atoms with Crippen molar-refractivity contribution < 1.29 is 18.3 Å². The molecule has 0 saturated carbocycles. The summed E-state index contributed by atoms with van der Waals surface area (Å²) in [6.45, 7) is -2.88. The molecular weight excluding hydrogens is 302 g/mol. The normalized spacial score (nSPS) is 12.1. The predicted molar refractivity (Wildman–Crippen MR) is 79.7 cm³/mol. The van der Waals surface area contributed by atoms with Gasteiger partial charge in [0.1, 0.15) is 5.75 Å². The summed E-state index contributed by atoms with van der Waals surface area (Å²) < 4.78 is 28.3. The fraction of sp³-hybridized carbons (Fsp3) is 0.118. The third-order valence-corrected chi connectivity index (χ3v) is 2.94. The van der Waals surface area contributed by atoms with Crippen molar-refractivity contribution in [3.63, 3.8) is 0 Å². The van der Waals surface area contributed by atoms with Gasteiger partial charge in [-0.1, -0.05) is 24.3 Å². The maximum Gasteiger partial charge on any atom is 0.387 e. The van der Waals surface area contributed by atoms with Gasteiger partial charge < -0.3 is 4.74 Å². The molecule has 1 aromatic carbocycles. The van der Waals surface area contributed by atoms with Gasteiger partial charge in [0.2, 0.25) is 0 Å². The number of alkyl halides is 2. The molecule has 6 heteroatoms. The molecule has 2 aromatic rings. The Hall–Kier alpha value is -3.07. The highest BCUT2D eigenvalue weighted by atomic mass is 19.3. The average molecular weight is 314 g/mol. The van der Waals surface area contributed by atoms with Crippen molar-refractivity contribution in [3.05, 3.63) is 66.0 Å². The van der Waals surface area contributed by atoms with E-state index in [0.29, 0.717) is 11.3 Å². The van der Waals surface area contributed by atoms with E-state index in [4.69, 9.17) is 5.26 Å². The van der Waals surface area contributed by atoms with Crippen LogP contribution in [0.3, 0.4) is 0 Å². The third kappa shape index (κ3) is 4.71. The summed E-state index contributed by atoms with van der Waals surface area (Å²) in [6, 6.07) is 12.7. The molecule has 0 aliphatic carbocycles. The maximum absolute atomic E-state index is 12.1. The Morgan fingerprint density at radius 2 is 1.96 bits per heavy atom. The number of hydrogen-bond acceptors (Lipinski definition) is 4. The molecule has 0 saturated heterocycles. The summed E-state index contributed by atoms with van der Waals surface area (Å²) in [5.41, 5.74) is 1.00. The summed E-state index contributed by atoms with van der Waals surface area (Å²) in [7, 11) is 0. The van der Waals surface area contributed by atoms with Crippen molar-refractivity contribution in [2.75, 3.05) is 0 Å². The number of hydrogen-bond donors (Lipinski definition) is 0. The second-order valence-electron chi connectivity index (χ2n) is 4.50. The van der Waals surface area contributed by atoms with Crippen molar-refractivity contribution in [2.45, 2.75) is 12.5 Å². The van der Waals surface area contributed by atoms with Crippen molar-refractivity contribution in [1.82, 2.24) is 4.98 Å². The minimum atomic E-state index is -2.88. The Balaban J connectivity index is 2.07. The Kier molecular flexibility index (Phi) is 5.53. The molecule has 4 nitrogen and oxygen atoms in total. The van der Waals surface area contributed by atoms with Crippen LogP contribution in [0.1, 0.15) is 17.2 Å². The topological polar surface area (TPSA) is 63.0 Å². The van der Waals surface area contributed by atoms with Gasteiger partial charge in [-0.05, 0) is 35.9 Å². The first-order chi connectivity index (χ1) is 11.1. The minimum Gasteiger partial charge on any atom is -0.435 e. The van der Waals surface area contributed by atoms with E-state index in [-0.39, 0.29) is 5.75 Å². The fourth-order valence-corrected chi connectivity index (χ4v) is 1.86. The van der Waals surface area contributed by atoms with Crippen LogP contribution in [0.25, 0.3) is 6.08 Å². The molecule has 0 aliphatic rings. The molecule has 1 heterocycles. The molecule has 0 aliphatic heterocycles. The lowest BCUT2D eigenvalue weighted by molar-refractivity contribution is -0.114. The number of halogens is 2. The first-order valence-electron chi connectivity index (χ1n) is 6.67. The zero-order valence-electron chi connectivity index (χ0n) is 11.9. The molecule has 0 spiro atoms. The number of nitriles is 1. The van der Waals surface area contributed by atoms with E-state index < -0.39 is 18.3 Å². The first kappa shape index (κ1) is 16.3. The van der Waals surface area contributed by atoms with Crippen LogP contribution in [-0.4, -0.2) is 17.4 Å². The lowest BCUT2D eigenvalue weighted by Gasteiger charge is -2.05. The number of benzene rings is 1. The Labute approximate surface area is 131 Å². The highest BCUT2D eigenvalue weighted by molar-refractivity contribution is 6.00. The van der Waals surface area contributed by atoms with Crippen molar-refractivity contribution >= 4 is 11.9 Å². The SMILES string of the molecule is N#CC(C(=O)C=Cc1ccc(OC(F)F)cc1)c1ccccn1. The third-order valence-electron chi connectivity index (χ3n) is 2.94. The summed E-state index contributed by atoms with van der Waals surface area (Å²) in [4.78, 5) is 16.1. The smallest absolute Gasteiger partial charge is 0.387 e. The predicted octanol–water partition coefficient (Wildman–Crippen LogP) is 3.57. The number of ether oxygens (including phenoxy) is 1. The summed E-state index contributed by atoms with van der Waals surface area (Å²) in [5, 5.41) is 9.14. The van der Waals surface area contributed by atoms with Crippen LogP contribution in [0.4, 0.5) is 8.78 Å². The van der Waals surface area contributed by atoms with Crippen LogP contribution in [0.15, 0.2) is 54.7 Å². The number of aromatic nitrogens is 1. The van der Waals surface area contributed by atoms with Gasteiger partial charge in [-0.3, -0.25) is 9.78 Å². The van der Waals surface area contributed by atoms with Gasteiger partial charge in [0.15, 0.2) is 11.7 Å². The molecule has 0 fully saturated rings. The Morgan fingerprint density at radius 1 is 1.22 bits per heavy atom. The largest absolute Gasteiger partial charge is 0.435 e. The molecule has 1 unspecified atom stereocenters. The van der Waals surface area contributed by atoms with Crippen LogP contribution in [0, 0.1) is 11.3 Å². The number of pyridine rings is 1. The summed E-state index contributed by atoms with van der Waals surface area (Å²) in [5.74, 6) is -1.35. The van der Waals surface area contributed by atoms with Crippen LogP contribution < -0.4 is 4.74 Å². The number of allylic oxidation sites excluding steroid dienone is 1. The van der Waals surface area contributed by atoms with Gasteiger partial charge in [-0.15, -0.1) is 0 Å². The van der Waals surface area contributed by atoms with Gasteiger partial charge in [0.25, 0.3) is 0 Å². The fourth-order valence-electron chi connectivity index (χ4n) is 1.86. The minimum absolute atomic E-state index is 0.0341. The van der Waals surface area contributed by atoms with Crippen LogP contribution in [0.2, 0.25) is 0 Å². The molecule has 0 bridgehead atoms. The molecule has 2 rings (SSSR count). The van der Waals surface area contributed by atoms with E-state index in [1.807, 2.05) is 6.07 Å². The Morgan fingerprint density at radius 3 is 2.52 bits per heavy atom. The van der Waals surface area contributed by atoms with E-state index in [0.717, 1.165) is 0 Å². The number of nitrogens with zero attached hydrogens (tertiary/aromatic N) is 2. The van der Waals surface area contributed by atoms with E-state index in [9.17, 15) is 13.6 Å². The van der Waals surface area contributed by atoms with E-state index >= 15 is 0 Å². The molecule has 116 valence electrons. The zero-order chi connectivity index (χ0) is 16.7. The second-order valence-corrected chi connectivity index (χ2v) is 4.50. The lowest BCUT2D eigenvalue weighted by atomic mass is 10.00. The van der Waals surface area contributed by atoms with Crippen molar-refractivity contribution in [3.8, 4) is 11.8 Å². The van der Waals surface area contributed by atoms with Crippen LogP contribution in [0.5, 0.6) is 5.75 Å². The number of rotatable bonds is 6. The average Bonchev–Trinajstić information content (AvgIpc) is 2.55. The lowest BCUT2D eigenvalue weighted by Crippen LogP contribution is -2.09. The first-order valence-corrected chi connectivity index (χ1v) is 6.67.